The number of aromatic nitrogens is 2. The lowest BCUT2D eigenvalue weighted by atomic mass is 9.80. The van der Waals surface area contributed by atoms with E-state index in [4.69, 9.17) is 28.1 Å². The molecule has 0 aliphatic carbocycles. The van der Waals surface area contributed by atoms with Crippen LogP contribution in [0.1, 0.15) is 25.5 Å². The fourth-order valence-electron chi connectivity index (χ4n) is 2.92. The summed E-state index contributed by atoms with van der Waals surface area (Å²) < 4.78 is 0. The van der Waals surface area contributed by atoms with Crippen molar-refractivity contribution in [1.29, 1.82) is 0 Å². The van der Waals surface area contributed by atoms with E-state index in [9.17, 15) is 0 Å². The number of halogens is 1. The van der Waals surface area contributed by atoms with Gasteiger partial charge in [0.15, 0.2) is 4.99 Å². The van der Waals surface area contributed by atoms with Gasteiger partial charge in [0.05, 0.1) is 16.9 Å². The summed E-state index contributed by atoms with van der Waals surface area (Å²) in [6.45, 7) is 6.85. The molecular weight excluding hydrogens is 356 g/mol. The Morgan fingerprint density at radius 2 is 2.12 bits per heavy atom. The Morgan fingerprint density at radius 1 is 1.40 bits per heavy atom. The molecule has 3 heterocycles. The molecule has 0 spiro atoms. The third-order valence-corrected chi connectivity index (χ3v) is 6.72. The highest BCUT2D eigenvalue weighted by Gasteiger charge is 2.33. The Kier molecular flexibility index (Phi) is 5.29. The van der Waals surface area contributed by atoms with Crippen LogP contribution in [0.25, 0.3) is 0 Å². The largest absolute Gasteiger partial charge is 0.360 e. The molecule has 6 nitrogen and oxygen atoms in total. The van der Waals surface area contributed by atoms with Crippen molar-refractivity contribution in [3.05, 3.63) is 35.3 Å². The summed E-state index contributed by atoms with van der Waals surface area (Å²) in [7, 11) is 0. The van der Waals surface area contributed by atoms with Crippen LogP contribution in [0.5, 0.6) is 0 Å². The highest BCUT2D eigenvalue weighted by molar-refractivity contribution is 8.00. The van der Waals surface area contributed by atoms with Gasteiger partial charge >= 0.3 is 0 Å². The van der Waals surface area contributed by atoms with Gasteiger partial charge in [0.1, 0.15) is 10.8 Å². The van der Waals surface area contributed by atoms with Crippen LogP contribution in [0, 0.1) is 12.3 Å². The molecule has 1 unspecified atom stereocenters. The zero-order valence-corrected chi connectivity index (χ0v) is 16.2. The number of rotatable bonds is 4. The molecule has 2 aliphatic rings. The first-order chi connectivity index (χ1) is 11.9. The number of aryl methyl sites for hydroxylation is 1. The predicted octanol–water partition coefficient (Wildman–Crippen LogP) is 2.29. The molecule has 1 saturated heterocycles. The Bertz CT molecular complexity index is 698. The van der Waals surface area contributed by atoms with E-state index in [0.717, 1.165) is 49.0 Å². The summed E-state index contributed by atoms with van der Waals surface area (Å²) in [5.74, 6) is 0.908. The van der Waals surface area contributed by atoms with E-state index in [1.165, 1.54) is 11.8 Å². The predicted molar refractivity (Wildman–Crippen MR) is 104 cm³/mol. The molecule has 3 rings (SSSR count). The summed E-state index contributed by atoms with van der Waals surface area (Å²) in [6, 6.07) is 0. The summed E-state index contributed by atoms with van der Waals surface area (Å²) in [5, 5.41) is 4.38. The standard InChI is InChI=1S/C17H25ClN6S/c1-12-15(25-17(20)13(18)4-3-7-22-17)21-10-14(23-12)24-8-5-16(2,11-19)6-9-24/h3-4,7,10,22H,5-6,8-9,11,19-20H2,1-2H3. The van der Waals surface area contributed by atoms with E-state index >= 15 is 0 Å². The van der Waals surface area contributed by atoms with Crippen LogP contribution in [0.15, 0.2) is 34.6 Å². The summed E-state index contributed by atoms with van der Waals surface area (Å²) in [5.41, 5.74) is 13.3. The fraction of sp³-hybridized carbons (Fsp3) is 0.529. The molecular formula is C17H25ClN6S. The quantitative estimate of drug-likeness (QED) is 0.690. The number of nitrogens with one attached hydrogen (secondary N) is 1. The maximum absolute atomic E-state index is 6.34. The van der Waals surface area contributed by atoms with Crippen molar-refractivity contribution in [1.82, 2.24) is 15.3 Å². The number of hydrogen-bond donors (Lipinski definition) is 3. The van der Waals surface area contributed by atoms with Gasteiger partial charge in [0.2, 0.25) is 0 Å². The molecule has 1 aromatic heterocycles. The highest BCUT2D eigenvalue weighted by atomic mass is 35.5. The van der Waals surface area contributed by atoms with Gasteiger partial charge in [0, 0.05) is 13.1 Å². The van der Waals surface area contributed by atoms with Crippen molar-refractivity contribution < 1.29 is 0 Å². The lowest BCUT2D eigenvalue weighted by molar-refractivity contribution is 0.258. The number of nitrogens with zero attached hydrogens (tertiary/aromatic N) is 3. The molecule has 5 N–H and O–H groups in total. The van der Waals surface area contributed by atoms with Crippen molar-refractivity contribution in [2.45, 2.75) is 36.7 Å². The molecule has 25 heavy (non-hydrogen) atoms. The number of nitrogens with two attached hydrogens (primary N) is 2. The van der Waals surface area contributed by atoms with Crippen LogP contribution in [0.2, 0.25) is 0 Å². The third kappa shape index (κ3) is 3.95. The van der Waals surface area contributed by atoms with Gasteiger partial charge in [-0.05, 0) is 50.1 Å². The van der Waals surface area contributed by atoms with E-state index in [1.807, 2.05) is 19.2 Å². The summed E-state index contributed by atoms with van der Waals surface area (Å²) in [6.07, 6.45) is 9.34. The minimum Gasteiger partial charge on any atom is -0.360 e. The maximum atomic E-state index is 6.34. The van der Waals surface area contributed by atoms with Crippen LogP contribution in [-0.4, -0.2) is 34.6 Å². The van der Waals surface area contributed by atoms with Crippen molar-refractivity contribution in [3.63, 3.8) is 0 Å². The number of hydrogen-bond acceptors (Lipinski definition) is 7. The van der Waals surface area contributed by atoms with Crippen LogP contribution in [0.4, 0.5) is 5.82 Å². The van der Waals surface area contributed by atoms with Crippen LogP contribution in [0.3, 0.4) is 0 Å². The second-order valence-corrected chi connectivity index (χ2v) is 8.62. The molecule has 0 aromatic carbocycles. The molecule has 0 amide bonds. The topological polar surface area (TPSA) is 93.1 Å². The van der Waals surface area contributed by atoms with E-state index in [1.54, 1.807) is 12.3 Å². The van der Waals surface area contributed by atoms with E-state index in [-0.39, 0.29) is 5.41 Å². The number of piperidine rings is 1. The smallest absolute Gasteiger partial charge is 0.177 e. The molecule has 0 radical (unpaired) electrons. The van der Waals surface area contributed by atoms with Gasteiger partial charge < -0.3 is 16.0 Å². The van der Waals surface area contributed by atoms with Crippen molar-refractivity contribution in [2.24, 2.45) is 16.9 Å². The normalized spacial score (nSPS) is 25.5. The molecule has 1 aromatic rings. The van der Waals surface area contributed by atoms with Gasteiger partial charge in [-0.2, -0.15) is 0 Å². The van der Waals surface area contributed by atoms with Gasteiger partial charge in [-0.25, -0.2) is 9.97 Å². The minimum absolute atomic E-state index is 0.240. The fourth-order valence-corrected chi connectivity index (χ4v) is 4.06. The Balaban J connectivity index is 1.72. The molecule has 1 fully saturated rings. The average Bonchev–Trinajstić information content (AvgIpc) is 2.60. The van der Waals surface area contributed by atoms with E-state index in [2.05, 4.69) is 22.1 Å². The first-order valence-corrected chi connectivity index (χ1v) is 9.62. The zero-order valence-electron chi connectivity index (χ0n) is 14.6. The van der Waals surface area contributed by atoms with Gasteiger partial charge in [-0.1, -0.05) is 30.3 Å². The second kappa shape index (κ2) is 7.15. The van der Waals surface area contributed by atoms with E-state index < -0.39 is 4.99 Å². The SMILES string of the molecule is Cc1nc(N2CCC(C)(CN)CC2)cnc1SC1(N)NC=CC=C1Cl. The summed E-state index contributed by atoms with van der Waals surface area (Å²) in [4.78, 5) is 10.7. The Morgan fingerprint density at radius 3 is 2.72 bits per heavy atom. The van der Waals surface area contributed by atoms with Crippen molar-refractivity contribution >= 4 is 29.2 Å². The second-order valence-electron chi connectivity index (χ2n) is 6.98. The number of dihydropyridines is 1. The maximum Gasteiger partial charge on any atom is 0.177 e. The molecule has 2 aliphatic heterocycles. The lowest BCUT2D eigenvalue weighted by Crippen LogP contribution is -2.49. The van der Waals surface area contributed by atoms with Gasteiger partial charge in [0.25, 0.3) is 0 Å². The molecule has 0 saturated carbocycles. The minimum atomic E-state index is -0.911. The monoisotopic (exact) mass is 380 g/mol. The molecule has 0 bridgehead atoms. The first-order valence-electron chi connectivity index (χ1n) is 8.42. The zero-order chi connectivity index (χ0) is 18.1. The average molecular weight is 381 g/mol. The van der Waals surface area contributed by atoms with Crippen LogP contribution >= 0.6 is 23.4 Å². The number of allylic oxidation sites excluding steroid dienone is 2. The Hall–Kier alpha value is -1.28. The molecule has 136 valence electrons. The highest BCUT2D eigenvalue weighted by Crippen LogP contribution is 2.37. The van der Waals surface area contributed by atoms with Crippen LogP contribution < -0.4 is 21.7 Å². The Labute approximate surface area is 158 Å². The number of anilines is 1. The van der Waals surface area contributed by atoms with Crippen molar-refractivity contribution in [3.8, 4) is 0 Å². The third-order valence-electron chi connectivity index (χ3n) is 4.93. The first kappa shape index (κ1) is 18.5. The van der Waals surface area contributed by atoms with Crippen molar-refractivity contribution in [2.75, 3.05) is 24.5 Å². The van der Waals surface area contributed by atoms with Gasteiger partial charge in [-0.3, -0.25) is 5.73 Å². The molecule has 1 atom stereocenters. The molecule has 8 heteroatoms. The van der Waals surface area contributed by atoms with Gasteiger partial charge in [-0.15, -0.1) is 0 Å². The van der Waals surface area contributed by atoms with E-state index in [0.29, 0.717) is 5.03 Å². The number of thioether (sulfide) groups is 1. The summed E-state index contributed by atoms with van der Waals surface area (Å²) >= 11 is 7.62. The van der Waals surface area contributed by atoms with Crippen LogP contribution in [-0.2, 0) is 0 Å². The lowest BCUT2D eigenvalue weighted by Gasteiger charge is -2.39.